The molecule has 1 aliphatic heterocycles. The first-order chi connectivity index (χ1) is 12.9. The third kappa shape index (κ3) is 3.04. The lowest BCUT2D eigenvalue weighted by Gasteiger charge is -2.26. The summed E-state index contributed by atoms with van der Waals surface area (Å²) < 4.78 is 46.9. The van der Waals surface area contributed by atoms with Crippen molar-refractivity contribution >= 4 is 10.0 Å². The van der Waals surface area contributed by atoms with E-state index in [2.05, 4.69) is 15.2 Å². The smallest absolute Gasteiger partial charge is 0.279 e. The molecule has 142 valence electrons. The first-order valence-corrected chi connectivity index (χ1v) is 10.1. The second kappa shape index (κ2) is 6.54. The highest BCUT2D eigenvalue weighted by atomic mass is 32.2. The van der Waals surface area contributed by atoms with E-state index in [0.29, 0.717) is 18.7 Å². The Hall–Kier alpha value is -2.59. The maximum absolute atomic E-state index is 14.0. The molecule has 3 aromatic rings. The molecule has 0 saturated carbocycles. The maximum atomic E-state index is 14.0. The minimum atomic E-state index is -3.32. The van der Waals surface area contributed by atoms with Crippen LogP contribution >= 0.6 is 0 Å². The molecule has 0 unspecified atom stereocenters. The van der Waals surface area contributed by atoms with Crippen LogP contribution in [0.3, 0.4) is 0 Å². The Morgan fingerprint density at radius 3 is 2.81 bits per heavy atom. The molecule has 0 fully saturated rings. The summed E-state index contributed by atoms with van der Waals surface area (Å²) in [5, 5.41) is 8.30. The van der Waals surface area contributed by atoms with Crippen molar-refractivity contribution in [1.29, 1.82) is 0 Å². The first-order valence-electron chi connectivity index (χ1n) is 8.52. The van der Waals surface area contributed by atoms with Gasteiger partial charge in [-0.05, 0) is 19.1 Å². The van der Waals surface area contributed by atoms with Gasteiger partial charge >= 0.3 is 0 Å². The number of nitrogens with zero attached hydrogens (tertiary/aromatic N) is 5. The largest absolute Gasteiger partial charge is 0.332 e. The van der Waals surface area contributed by atoms with Crippen LogP contribution in [0.15, 0.2) is 28.8 Å². The molecule has 0 amide bonds. The highest BCUT2D eigenvalue weighted by molar-refractivity contribution is 7.89. The zero-order chi connectivity index (χ0) is 19.2. The summed E-state index contributed by atoms with van der Waals surface area (Å²) in [4.78, 5) is 4.28. The lowest BCUT2D eigenvalue weighted by atomic mass is 10.1. The van der Waals surface area contributed by atoms with E-state index in [9.17, 15) is 12.8 Å². The Morgan fingerprint density at radius 1 is 1.30 bits per heavy atom. The summed E-state index contributed by atoms with van der Waals surface area (Å²) in [6.07, 6.45) is 0.548. The van der Waals surface area contributed by atoms with Gasteiger partial charge in [0.1, 0.15) is 5.82 Å². The number of aryl methyl sites for hydroxylation is 1. The molecule has 0 atom stereocenters. The van der Waals surface area contributed by atoms with Gasteiger partial charge in [-0.25, -0.2) is 12.8 Å². The van der Waals surface area contributed by atoms with Crippen molar-refractivity contribution in [3.05, 3.63) is 41.3 Å². The third-order valence-electron chi connectivity index (χ3n) is 4.71. The van der Waals surface area contributed by atoms with Crippen molar-refractivity contribution in [2.45, 2.75) is 19.9 Å². The molecule has 1 aliphatic rings. The van der Waals surface area contributed by atoms with Crippen molar-refractivity contribution in [3.8, 4) is 23.0 Å². The number of fused-ring (bicyclic) bond motifs is 1. The summed E-state index contributed by atoms with van der Waals surface area (Å²) in [6.45, 7) is 2.23. The van der Waals surface area contributed by atoms with Gasteiger partial charge < -0.3 is 4.52 Å². The van der Waals surface area contributed by atoms with Gasteiger partial charge in [0, 0.05) is 37.8 Å². The monoisotopic (exact) mass is 391 g/mol. The average Bonchev–Trinajstić information content (AvgIpc) is 3.27. The standard InChI is InChI=1S/C17H18FN5O3S/c1-3-27(24,25)23-9-8-14-12(10-23)15(20-22(14)2)17-19-16(21-26-17)11-6-4-5-7-13(11)18/h4-7H,3,8-10H2,1-2H3. The molecule has 2 aromatic heterocycles. The Balaban J connectivity index is 1.74. The van der Waals surface area contributed by atoms with Gasteiger partial charge in [-0.15, -0.1) is 0 Å². The van der Waals surface area contributed by atoms with E-state index in [1.807, 2.05) is 0 Å². The van der Waals surface area contributed by atoms with E-state index >= 15 is 0 Å². The Morgan fingerprint density at radius 2 is 2.07 bits per heavy atom. The molecule has 0 saturated heterocycles. The highest BCUT2D eigenvalue weighted by Gasteiger charge is 2.32. The topological polar surface area (TPSA) is 94.1 Å². The van der Waals surface area contributed by atoms with Crippen molar-refractivity contribution in [1.82, 2.24) is 24.2 Å². The van der Waals surface area contributed by atoms with Gasteiger partial charge in [0.2, 0.25) is 15.8 Å². The van der Waals surface area contributed by atoms with Crippen molar-refractivity contribution < 1.29 is 17.3 Å². The summed E-state index contributed by atoms with van der Waals surface area (Å²) in [5.74, 6) is -0.152. The lowest BCUT2D eigenvalue weighted by molar-refractivity contribution is 0.386. The molecule has 0 aliphatic carbocycles. The molecule has 3 heterocycles. The van der Waals surface area contributed by atoms with Gasteiger partial charge in [-0.1, -0.05) is 17.3 Å². The number of halogens is 1. The fraction of sp³-hybridized carbons (Fsp3) is 0.353. The number of hydrogen-bond acceptors (Lipinski definition) is 6. The molecule has 4 rings (SSSR count). The Bertz CT molecular complexity index is 1110. The normalized spacial score (nSPS) is 15.1. The fourth-order valence-electron chi connectivity index (χ4n) is 3.23. The number of aromatic nitrogens is 4. The molecule has 0 N–H and O–H groups in total. The SMILES string of the molecule is CCS(=O)(=O)N1CCc2c(c(-c3nc(-c4ccccc4F)no3)nn2C)C1. The van der Waals surface area contributed by atoms with Gasteiger partial charge in [-0.3, -0.25) is 4.68 Å². The predicted octanol–water partition coefficient (Wildman–Crippen LogP) is 1.98. The van der Waals surface area contributed by atoms with E-state index < -0.39 is 15.8 Å². The van der Waals surface area contributed by atoms with Crippen LogP contribution in [0.4, 0.5) is 4.39 Å². The van der Waals surface area contributed by atoms with Crippen LogP contribution in [-0.4, -0.2) is 44.9 Å². The maximum Gasteiger partial charge on any atom is 0.279 e. The minimum absolute atomic E-state index is 0.0376. The Labute approximate surface area is 155 Å². The van der Waals surface area contributed by atoms with E-state index in [4.69, 9.17) is 4.52 Å². The van der Waals surface area contributed by atoms with Crippen LogP contribution in [0, 0.1) is 5.82 Å². The molecular weight excluding hydrogens is 373 g/mol. The van der Waals surface area contributed by atoms with E-state index in [-0.39, 0.29) is 29.6 Å². The third-order valence-corrected chi connectivity index (χ3v) is 6.54. The second-order valence-corrected chi connectivity index (χ2v) is 8.54. The lowest BCUT2D eigenvalue weighted by Crippen LogP contribution is -2.37. The molecule has 10 heteroatoms. The van der Waals surface area contributed by atoms with Gasteiger partial charge in [0.05, 0.1) is 11.3 Å². The summed E-state index contributed by atoms with van der Waals surface area (Å²) in [7, 11) is -1.52. The van der Waals surface area contributed by atoms with Gasteiger partial charge in [0.25, 0.3) is 5.89 Å². The summed E-state index contributed by atoms with van der Waals surface area (Å²) in [6, 6.07) is 6.15. The van der Waals surface area contributed by atoms with Crippen molar-refractivity contribution in [2.75, 3.05) is 12.3 Å². The molecule has 0 spiro atoms. The fourth-order valence-corrected chi connectivity index (χ4v) is 4.29. The quantitative estimate of drug-likeness (QED) is 0.675. The Kier molecular flexibility index (Phi) is 4.31. The molecule has 8 nitrogen and oxygen atoms in total. The minimum Gasteiger partial charge on any atom is -0.332 e. The average molecular weight is 391 g/mol. The van der Waals surface area contributed by atoms with Crippen molar-refractivity contribution in [2.24, 2.45) is 7.05 Å². The second-order valence-electron chi connectivity index (χ2n) is 6.28. The van der Waals surface area contributed by atoms with E-state index in [1.165, 1.54) is 10.4 Å². The number of rotatable bonds is 4. The zero-order valence-electron chi connectivity index (χ0n) is 14.9. The first kappa shape index (κ1) is 17.8. The van der Waals surface area contributed by atoms with Crippen LogP contribution in [0.5, 0.6) is 0 Å². The number of sulfonamides is 1. The van der Waals surface area contributed by atoms with Crippen LogP contribution in [0.25, 0.3) is 23.0 Å². The highest BCUT2D eigenvalue weighted by Crippen LogP contribution is 2.31. The molecular formula is C17H18FN5O3S. The molecule has 1 aromatic carbocycles. The molecule has 27 heavy (non-hydrogen) atoms. The van der Waals surface area contributed by atoms with E-state index in [0.717, 1.165) is 11.3 Å². The zero-order valence-corrected chi connectivity index (χ0v) is 15.7. The van der Waals surface area contributed by atoms with Crippen LogP contribution in [-0.2, 0) is 30.0 Å². The van der Waals surface area contributed by atoms with Gasteiger partial charge in [0.15, 0.2) is 5.69 Å². The van der Waals surface area contributed by atoms with Crippen LogP contribution < -0.4 is 0 Å². The number of benzene rings is 1. The van der Waals surface area contributed by atoms with Gasteiger partial charge in [-0.2, -0.15) is 14.4 Å². The molecule has 0 bridgehead atoms. The predicted molar refractivity (Wildman–Crippen MR) is 95.5 cm³/mol. The van der Waals surface area contributed by atoms with Crippen molar-refractivity contribution in [3.63, 3.8) is 0 Å². The van der Waals surface area contributed by atoms with E-state index in [1.54, 1.807) is 36.9 Å². The summed E-state index contributed by atoms with van der Waals surface area (Å²) in [5.41, 5.74) is 2.33. The van der Waals surface area contributed by atoms with Crippen LogP contribution in [0.2, 0.25) is 0 Å². The summed E-state index contributed by atoms with van der Waals surface area (Å²) >= 11 is 0. The molecule has 0 radical (unpaired) electrons. The number of hydrogen-bond donors (Lipinski definition) is 0. The van der Waals surface area contributed by atoms with Crippen LogP contribution in [0.1, 0.15) is 18.2 Å².